The lowest BCUT2D eigenvalue weighted by Gasteiger charge is -2.25. The van der Waals surface area contributed by atoms with Crippen molar-refractivity contribution in [2.75, 3.05) is 19.8 Å². The van der Waals surface area contributed by atoms with Gasteiger partial charge in [0.25, 0.3) is 0 Å². The van der Waals surface area contributed by atoms with Gasteiger partial charge in [0.05, 0.1) is 25.7 Å². The van der Waals surface area contributed by atoms with E-state index in [2.05, 4.69) is 4.74 Å². The van der Waals surface area contributed by atoms with Crippen LogP contribution in [-0.4, -0.2) is 38.3 Å². The number of carbonyl (C=O) groups excluding carboxylic acids is 1. The highest BCUT2D eigenvalue weighted by atomic mass is 19.1. The molecule has 5 heteroatoms. The van der Waals surface area contributed by atoms with Crippen molar-refractivity contribution in [2.45, 2.75) is 46.6 Å². The molecular formula is C13H23FO4. The fourth-order valence-corrected chi connectivity index (χ4v) is 1.76. The lowest BCUT2D eigenvalue weighted by Crippen LogP contribution is -2.35. The van der Waals surface area contributed by atoms with Crippen LogP contribution in [0.4, 0.5) is 4.39 Å². The van der Waals surface area contributed by atoms with Crippen LogP contribution in [0.25, 0.3) is 0 Å². The second-order valence-electron chi connectivity index (χ2n) is 5.72. The summed E-state index contributed by atoms with van der Waals surface area (Å²) in [6.45, 7) is 8.78. The quantitative estimate of drug-likeness (QED) is 0.713. The van der Waals surface area contributed by atoms with E-state index in [1.165, 1.54) is 0 Å². The summed E-state index contributed by atoms with van der Waals surface area (Å²) < 4.78 is 29.5. The van der Waals surface area contributed by atoms with Gasteiger partial charge in [0, 0.05) is 0 Å². The van der Waals surface area contributed by atoms with Crippen LogP contribution in [-0.2, 0) is 19.0 Å². The van der Waals surface area contributed by atoms with E-state index in [0.29, 0.717) is 19.6 Å². The highest BCUT2D eigenvalue weighted by Crippen LogP contribution is 2.29. The van der Waals surface area contributed by atoms with Crippen LogP contribution in [0.15, 0.2) is 0 Å². The molecule has 2 unspecified atom stereocenters. The molecule has 0 N–H and O–H groups in total. The predicted molar refractivity (Wildman–Crippen MR) is 64.8 cm³/mol. The van der Waals surface area contributed by atoms with Crippen LogP contribution in [0.2, 0.25) is 0 Å². The molecule has 3 atom stereocenters. The summed E-state index contributed by atoms with van der Waals surface area (Å²) in [6.07, 6.45) is -1.84. The maximum Gasteiger partial charge on any atom is 0.341 e. The van der Waals surface area contributed by atoms with E-state index < -0.39 is 24.3 Å². The number of carbonyl (C=O) groups is 1. The molecule has 0 bridgehead atoms. The Morgan fingerprint density at radius 3 is 2.72 bits per heavy atom. The molecular weight excluding hydrogens is 239 g/mol. The number of hydrogen-bond donors (Lipinski definition) is 0. The SMILES string of the molecule is CCOC(=O)C(F)[C@@H]1CCOC1OCC(C)(C)C. The van der Waals surface area contributed by atoms with Crippen molar-refractivity contribution in [3.05, 3.63) is 0 Å². The van der Waals surface area contributed by atoms with E-state index >= 15 is 0 Å². The Morgan fingerprint density at radius 1 is 1.50 bits per heavy atom. The van der Waals surface area contributed by atoms with Crippen molar-refractivity contribution in [1.29, 1.82) is 0 Å². The Hall–Kier alpha value is -0.680. The van der Waals surface area contributed by atoms with E-state index in [4.69, 9.17) is 9.47 Å². The van der Waals surface area contributed by atoms with Crippen LogP contribution in [0.1, 0.15) is 34.1 Å². The first-order valence-corrected chi connectivity index (χ1v) is 6.39. The Bertz CT molecular complexity index is 275. The van der Waals surface area contributed by atoms with Gasteiger partial charge in [-0.05, 0) is 18.8 Å². The first-order valence-electron chi connectivity index (χ1n) is 6.39. The summed E-state index contributed by atoms with van der Waals surface area (Å²) >= 11 is 0. The van der Waals surface area contributed by atoms with Crippen molar-refractivity contribution >= 4 is 5.97 Å². The molecule has 18 heavy (non-hydrogen) atoms. The second-order valence-corrected chi connectivity index (χ2v) is 5.72. The predicted octanol–water partition coefficient (Wildman–Crippen LogP) is 2.31. The lowest BCUT2D eigenvalue weighted by molar-refractivity contribution is -0.171. The average Bonchev–Trinajstić information content (AvgIpc) is 2.72. The molecule has 1 rings (SSSR count). The maximum atomic E-state index is 13.9. The normalized spacial score (nSPS) is 26.1. The van der Waals surface area contributed by atoms with Gasteiger partial charge in [-0.2, -0.15) is 0 Å². The van der Waals surface area contributed by atoms with Gasteiger partial charge in [0.2, 0.25) is 6.17 Å². The van der Waals surface area contributed by atoms with E-state index in [9.17, 15) is 9.18 Å². The second kappa shape index (κ2) is 6.48. The smallest absolute Gasteiger partial charge is 0.341 e. The van der Waals surface area contributed by atoms with Crippen LogP contribution < -0.4 is 0 Å². The molecule has 0 aliphatic carbocycles. The molecule has 0 aromatic carbocycles. The third kappa shape index (κ3) is 4.53. The molecule has 4 nitrogen and oxygen atoms in total. The number of ether oxygens (including phenoxy) is 3. The summed E-state index contributed by atoms with van der Waals surface area (Å²) in [7, 11) is 0. The molecule has 0 aromatic heterocycles. The lowest BCUT2D eigenvalue weighted by atomic mass is 9.98. The Morgan fingerprint density at radius 2 is 2.17 bits per heavy atom. The summed E-state index contributed by atoms with van der Waals surface area (Å²) in [6, 6.07) is 0. The Kier molecular flexibility index (Phi) is 5.53. The highest BCUT2D eigenvalue weighted by molar-refractivity contribution is 5.75. The number of halogens is 1. The van der Waals surface area contributed by atoms with Crippen molar-refractivity contribution < 1.29 is 23.4 Å². The summed E-state index contributed by atoms with van der Waals surface area (Å²) in [4.78, 5) is 11.4. The number of rotatable bonds is 5. The first kappa shape index (κ1) is 15.4. The molecule has 106 valence electrons. The topological polar surface area (TPSA) is 44.8 Å². The maximum absolute atomic E-state index is 13.9. The molecule has 1 heterocycles. The van der Waals surface area contributed by atoms with Crippen LogP contribution in [0.3, 0.4) is 0 Å². The van der Waals surface area contributed by atoms with Crippen LogP contribution in [0.5, 0.6) is 0 Å². The highest BCUT2D eigenvalue weighted by Gasteiger charge is 2.40. The first-order chi connectivity index (χ1) is 8.35. The molecule has 1 fully saturated rings. The summed E-state index contributed by atoms with van der Waals surface area (Å²) in [5, 5.41) is 0. The zero-order chi connectivity index (χ0) is 13.8. The van der Waals surface area contributed by atoms with Gasteiger partial charge in [-0.15, -0.1) is 0 Å². The third-order valence-corrected chi connectivity index (χ3v) is 2.65. The van der Waals surface area contributed by atoms with Gasteiger partial charge in [-0.3, -0.25) is 0 Å². The summed E-state index contributed by atoms with van der Waals surface area (Å²) in [5.41, 5.74) is -0.0216. The van der Waals surface area contributed by atoms with Gasteiger partial charge in [0.15, 0.2) is 6.29 Å². The molecule has 1 aliphatic rings. The molecule has 0 radical (unpaired) electrons. The van der Waals surface area contributed by atoms with Crippen molar-refractivity contribution in [1.82, 2.24) is 0 Å². The molecule has 1 aliphatic heterocycles. The van der Waals surface area contributed by atoms with E-state index in [0.717, 1.165) is 0 Å². The average molecular weight is 262 g/mol. The van der Waals surface area contributed by atoms with E-state index in [1.54, 1.807) is 6.92 Å². The van der Waals surface area contributed by atoms with Crippen molar-refractivity contribution in [2.24, 2.45) is 11.3 Å². The molecule has 0 aromatic rings. The fraction of sp³-hybridized carbons (Fsp3) is 0.923. The number of hydrogen-bond acceptors (Lipinski definition) is 4. The number of alkyl halides is 1. The monoisotopic (exact) mass is 262 g/mol. The summed E-state index contributed by atoms with van der Waals surface area (Å²) in [5.74, 6) is -1.39. The van der Waals surface area contributed by atoms with Crippen LogP contribution in [0, 0.1) is 11.3 Å². The zero-order valence-electron chi connectivity index (χ0n) is 11.6. The minimum absolute atomic E-state index is 0.0216. The van der Waals surface area contributed by atoms with Gasteiger partial charge >= 0.3 is 5.97 Å². The van der Waals surface area contributed by atoms with E-state index in [1.807, 2.05) is 20.8 Å². The molecule has 0 spiro atoms. The molecule has 0 amide bonds. The third-order valence-electron chi connectivity index (χ3n) is 2.65. The zero-order valence-corrected chi connectivity index (χ0v) is 11.6. The van der Waals surface area contributed by atoms with Crippen molar-refractivity contribution in [3.8, 4) is 0 Å². The van der Waals surface area contributed by atoms with Gasteiger partial charge in [-0.25, -0.2) is 9.18 Å². The Balaban J connectivity index is 2.51. The molecule has 0 saturated carbocycles. The molecule has 1 saturated heterocycles. The Labute approximate surface area is 108 Å². The van der Waals surface area contributed by atoms with Gasteiger partial charge in [0.1, 0.15) is 0 Å². The largest absolute Gasteiger partial charge is 0.464 e. The number of esters is 1. The standard InChI is InChI=1S/C13H23FO4/c1-5-16-11(15)10(14)9-6-7-17-12(9)18-8-13(2,3)4/h9-10,12H,5-8H2,1-4H3/t9-,10?,12?/m0/s1. The van der Waals surface area contributed by atoms with Gasteiger partial charge in [-0.1, -0.05) is 20.8 Å². The fourth-order valence-electron chi connectivity index (χ4n) is 1.76. The minimum atomic E-state index is -1.67. The minimum Gasteiger partial charge on any atom is -0.464 e. The van der Waals surface area contributed by atoms with E-state index in [-0.39, 0.29) is 12.0 Å². The van der Waals surface area contributed by atoms with Gasteiger partial charge < -0.3 is 14.2 Å². The van der Waals surface area contributed by atoms with Crippen molar-refractivity contribution in [3.63, 3.8) is 0 Å². The van der Waals surface area contributed by atoms with Crippen LogP contribution >= 0.6 is 0 Å².